The van der Waals surface area contributed by atoms with Gasteiger partial charge in [-0.15, -0.1) is 0 Å². The van der Waals surface area contributed by atoms with Crippen LogP contribution in [0.3, 0.4) is 0 Å². The predicted octanol–water partition coefficient (Wildman–Crippen LogP) is 2.73. The van der Waals surface area contributed by atoms with E-state index in [2.05, 4.69) is 20.8 Å². The number of hydrogen-bond acceptors (Lipinski definition) is 3. The SMILES string of the molecule is Nc1cc(Br)cc(C(=O)N2CCC(N3CCCC3)CC2)c1. The van der Waals surface area contributed by atoms with E-state index in [1.165, 1.54) is 25.9 Å². The summed E-state index contributed by atoms with van der Waals surface area (Å²) in [4.78, 5) is 17.1. The van der Waals surface area contributed by atoms with Crippen LogP contribution in [0, 0.1) is 0 Å². The van der Waals surface area contributed by atoms with Gasteiger partial charge in [-0.1, -0.05) is 15.9 Å². The Morgan fingerprint density at radius 2 is 1.76 bits per heavy atom. The molecule has 4 nitrogen and oxygen atoms in total. The molecule has 2 heterocycles. The van der Waals surface area contributed by atoms with Gasteiger partial charge in [0, 0.05) is 34.9 Å². The molecular formula is C16H22BrN3O. The van der Waals surface area contributed by atoms with Crippen molar-refractivity contribution in [3.63, 3.8) is 0 Å². The second-order valence-corrected chi connectivity index (χ2v) is 6.96. The molecule has 2 N–H and O–H groups in total. The van der Waals surface area contributed by atoms with E-state index < -0.39 is 0 Å². The van der Waals surface area contributed by atoms with Gasteiger partial charge in [0.2, 0.25) is 0 Å². The van der Waals surface area contributed by atoms with Crippen LogP contribution in [-0.4, -0.2) is 47.9 Å². The number of carbonyl (C=O) groups excluding carboxylic acids is 1. The average Bonchev–Trinajstić information content (AvgIpc) is 3.00. The number of benzene rings is 1. The predicted molar refractivity (Wildman–Crippen MR) is 88.3 cm³/mol. The van der Waals surface area contributed by atoms with Crippen LogP contribution in [-0.2, 0) is 0 Å². The van der Waals surface area contributed by atoms with Gasteiger partial charge in [0.05, 0.1) is 0 Å². The van der Waals surface area contributed by atoms with Gasteiger partial charge in [-0.25, -0.2) is 0 Å². The Hall–Kier alpha value is -1.07. The molecular weight excluding hydrogens is 330 g/mol. The zero-order chi connectivity index (χ0) is 14.8. The van der Waals surface area contributed by atoms with Crippen LogP contribution < -0.4 is 5.73 Å². The molecule has 1 aromatic carbocycles. The molecule has 2 aliphatic heterocycles. The lowest BCUT2D eigenvalue weighted by molar-refractivity contribution is 0.0644. The lowest BCUT2D eigenvalue weighted by Crippen LogP contribution is -2.45. The molecule has 0 atom stereocenters. The van der Waals surface area contributed by atoms with E-state index in [4.69, 9.17) is 5.73 Å². The van der Waals surface area contributed by atoms with E-state index >= 15 is 0 Å². The van der Waals surface area contributed by atoms with Gasteiger partial charge < -0.3 is 15.5 Å². The van der Waals surface area contributed by atoms with Gasteiger partial charge in [-0.3, -0.25) is 4.79 Å². The normalized spacial score (nSPS) is 20.9. The fourth-order valence-electron chi connectivity index (χ4n) is 3.46. The Labute approximate surface area is 134 Å². The number of piperidine rings is 1. The van der Waals surface area contributed by atoms with Crippen molar-refractivity contribution in [2.75, 3.05) is 31.9 Å². The molecule has 1 aromatic rings. The Morgan fingerprint density at radius 1 is 1.10 bits per heavy atom. The Morgan fingerprint density at radius 3 is 2.38 bits per heavy atom. The van der Waals surface area contributed by atoms with Gasteiger partial charge in [-0.2, -0.15) is 0 Å². The average molecular weight is 352 g/mol. The van der Waals surface area contributed by atoms with E-state index in [0.29, 0.717) is 17.3 Å². The van der Waals surface area contributed by atoms with Crippen LogP contribution in [0.25, 0.3) is 0 Å². The number of likely N-dealkylation sites (tertiary alicyclic amines) is 2. The van der Waals surface area contributed by atoms with E-state index in [9.17, 15) is 4.79 Å². The second-order valence-electron chi connectivity index (χ2n) is 6.04. The standard InChI is InChI=1S/C16H22BrN3O/c17-13-9-12(10-14(18)11-13)16(21)20-7-3-15(4-8-20)19-5-1-2-6-19/h9-11,15H,1-8,18H2. The molecule has 0 unspecified atom stereocenters. The molecule has 0 radical (unpaired) electrons. The van der Waals surface area contributed by atoms with Crippen molar-refractivity contribution in [1.82, 2.24) is 9.80 Å². The van der Waals surface area contributed by atoms with Gasteiger partial charge in [-0.05, 0) is 57.0 Å². The number of amides is 1. The maximum Gasteiger partial charge on any atom is 0.253 e. The number of nitrogens with zero attached hydrogens (tertiary/aromatic N) is 2. The molecule has 0 aromatic heterocycles. The van der Waals surface area contributed by atoms with Crippen molar-refractivity contribution < 1.29 is 4.79 Å². The van der Waals surface area contributed by atoms with Crippen molar-refractivity contribution in [2.45, 2.75) is 31.7 Å². The van der Waals surface area contributed by atoms with E-state index in [1.54, 1.807) is 6.07 Å². The summed E-state index contributed by atoms with van der Waals surface area (Å²) >= 11 is 3.40. The quantitative estimate of drug-likeness (QED) is 0.833. The van der Waals surface area contributed by atoms with Crippen LogP contribution in [0.4, 0.5) is 5.69 Å². The van der Waals surface area contributed by atoms with Crippen molar-refractivity contribution in [3.05, 3.63) is 28.2 Å². The van der Waals surface area contributed by atoms with Crippen LogP contribution in [0.5, 0.6) is 0 Å². The van der Waals surface area contributed by atoms with Crippen molar-refractivity contribution >= 4 is 27.5 Å². The van der Waals surface area contributed by atoms with Gasteiger partial charge in [0.1, 0.15) is 0 Å². The highest BCUT2D eigenvalue weighted by atomic mass is 79.9. The maximum atomic E-state index is 12.6. The summed E-state index contributed by atoms with van der Waals surface area (Å²) < 4.78 is 0.859. The van der Waals surface area contributed by atoms with Gasteiger partial charge in [0.15, 0.2) is 0 Å². The van der Waals surface area contributed by atoms with E-state index in [0.717, 1.165) is 30.4 Å². The van der Waals surface area contributed by atoms with Crippen molar-refractivity contribution in [1.29, 1.82) is 0 Å². The molecule has 2 aliphatic rings. The largest absolute Gasteiger partial charge is 0.399 e. The summed E-state index contributed by atoms with van der Waals surface area (Å²) in [5.74, 6) is 0.0999. The van der Waals surface area contributed by atoms with E-state index in [1.807, 2.05) is 17.0 Å². The molecule has 0 spiro atoms. The molecule has 0 saturated carbocycles. The van der Waals surface area contributed by atoms with Crippen LogP contribution in [0.1, 0.15) is 36.0 Å². The smallest absolute Gasteiger partial charge is 0.253 e. The molecule has 0 bridgehead atoms. The zero-order valence-electron chi connectivity index (χ0n) is 12.2. The highest BCUT2D eigenvalue weighted by Crippen LogP contribution is 2.23. The minimum absolute atomic E-state index is 0.0999. The second kappa shape index (κ2) is 6.36. The summed E-state index contributed by atoms with van der Waals surface area (Å²) in [6.45, 7) is 4.18. The van der Waals surface area contributed by atoms with E-state index in [-0.39, 0.29) is 5.91 Å². The topological polar surface area (TPSA) is 49.6 Å². The molecule has 0 aliphatic carbocycles. The Bertz CT molecular complexity index is 500. The molecule has 21 heavy (non-hydrogen) atoms. The lowest BCUT2D eigenvalue weighted by atomic mass is 10.0. The monoisotopic (exact) mass is 351 g/mol. The number of nitrogens with two attached hydrogens (primary N) is 1. The van der Waals surface area contributed by atoms with Gasteiger partial charge in [0.25, 0.3) is 5.91 Å². The summed E-state index contributed by atoms with van der Waals surface area (Å²) in [6, 6.07) is 6.10. The highest BCUT2D eigenvalue weighted by Gasteiger charge is 2.28. The number of hydrogen-bond donors (Lipinski definition) is 1. The third-order valence-electron chi connectivity index (χ3n) is 4.58. The molecule has 5 heteroatoms. The first kappa shape index (κ1) is 14.9. The van der Waals surface area contributed by atoms with Crippen molar-refractivity contribution in [2.24, 2.45) is 0 Å². The van der Waals surface area contributed by atoms with Crippen LogP contribution in [0.2, 0.25) is 0 Å². The minimum Gasteiger partial charge on any atom is -0.399 e. The number of rotatable bonds is 2. The number of anilines is 1. The van der Waals surface area contributed by atoms with Crippen LogP contribution in [0.15, 0.2) is 22.7 Å². The van der Waals surface area contributed by atoms with Crippen LogP contribution >= 0.6 is 15.9 Å². The summed E-state index contributed by atoms with van der Waals surface area (Å²) in [5, 5.41) is 0. The first-order valence-electron chi connectivity index (χ1n) is 7.73. The fraction of sp³-hybridized carbons (Fsp3) is 0.562. The Balaban J connectivity index is 1.62. The number of nitrogen functional groups attached to an aromatic ring is 1. The summed E-state index contributed by atoms with van der Waals surface area (Å²) in [5.41, 5.74) is 7.13. The number of halogens is 1. The molecule has 114 valence electrons. The third-order valence-corrected chi connectivity index (χ3v) is 5.03. The first-order valence-corrected chi connectivity index (χ1v) is 8.52. The highest BCUT2D eigenvalue weighted by molar-refractivity contribution is 9.10. The first-order chi connectivity index (χ1) is 10.1. The summed E-state index contributed by atoms with van der Waals surface area (Å²) in [6.07, 6.45) is 4.84. The van der Waals surface area contributed by atoms with Gasteiger partial charge >= 0.3 is 0 Å². The maximum absolute atomic E-state index is 12.6. The molecule has 3 rings (SSSR count). The lowest BCUT2D eigenvalue weighted by Gasteiger charge is -2.36. The third kappa shape index (κ3) is 3.40. The molecule has 2 saturated heterocycles. The zero-order valence-corrected chi connectivity index (χ0v) is 13.8. The van der Waals surface area contributed by atoms with Crippen molar-refractivity contribution in [3.8, 4) is 0 Å². The molecule has 1 amide bonds. The fourth-order valence-corrected chi connectivity index (χ4v) is 3.97. The number of carbonyl (C=O) groups is 1. The molecule has 2 fully saturated rings. The Kier molecular flexibility index (Phi) is 4.50. The minimum atomic E-state index is 0.0999. The summed E-state index contributed by atoms with van der Waals surface area (Å²) in [7, 11) is 0.